The molecular weight excluding hydrogens is 176 g/mol. The summed E-state index contributed by atoms with van der Waals surface area (Å²) in [6.07, 6.45) is 0.810. The third-order valence-corrected chi connectivity index (χ3v) is 3.04. The van der Waals surface area contributed by atoms with Gasteiger partial charge in [0.2, 0.25) is 0 Å². The van der Waals surface area contributed by atoms with Crippen LogP contribution in [-0.2, 0) is 4.79 Å². The summed E-state index contributed by atoms with van der Waals surface area (Å²) >= 11 is 1.44. The molecule has 5 heteroatoms. The Labute approximate surface area is 75.2 Å². The van der Waals surface area contributed by atoms with Gasteiger partial charge in [0, 0.05) is 5.75 Å². The molecule has 0 saturated carbocycles. The summed E-state index contributed by atoms with van der Waals surface area (Å²) in [7, 11) is 0. The number of hydrogen-bond acceptors (Lipinski definition) is 4. The van der Waals surface area contributed by atoms with E-state index in [1.165, 1.54) is 11.8 Å². The Morgan fingerprint density at radius 2 is 2.58 bits per heavy atom. The molecule has 0 aromatic rings. The summed E-state index contributed by atoms with van der Waals surface area (Å²) in [6, 6.07) is 0. The Balaban J connectivity index is 2.71. The fraction of sp³-hybridized carbons (Fsp3) is 0.714. The third-order valence-electron chi connectivity index (χ3n) is 1.97. The van der Waals surface area contributed by atoms with Crippen molar-refractivity contribution < 1.29 is 9.90 Å². The predicted octanol–water partition coefficient (Wildman–Crippen LogP) is 0.671. The number of hydrogen-bond donors (Lipinski definition) is 2. The van der Waals surface area contributed by atoms with Crippen molar-refractivity contribution in [3.63, 3.8) is 0 Å². The summed E-state index contributed by atoms with van der Waals surface area (Å²) in [4.78, 5) is 14.7. The van der Waals surface area contributed by atoms with Gasteiger partial charge in [-0.1, -0.05) is 18.7 Å². The third kappa shape index (κ3) is 1.91. The maximum Gasteiger partial charge on any atom is 0.305 e. The van der Waals surface area contributed by atoms with Crippen molar-refractivity contribution >= 4 is 22.9 Å². The highest BCUT2D eigenvalue weighted by molar-refractivity contribution is 8.14. The second-order valence-corrected chi connectivity index (χ2v) is 3.88. The first kappa shape index (κ1) is 9.38. The van der Waals surface area contributed by atoms with E-state index < -0.39 is 11.5 Å². The van der Waals surface area contributed by atoms with Gasteiger partial charge in [-0.15, -0.1) is 0 Å². The number of aliphatic imine (C=N–C) groups is 1. The number of amidine groups is 1. The molecule has 0 radical (unpaired) electrons. The average Bonchev–Trinajstić information content (AvgIpc) is 2.32. The molecule has 1 aliphatic rings. The second kappa shape index (κ2) is 3.35. The molecule has 0 fully saturated rings. The standard InChI is InChI=1S/C7H12N2O2S/c1-2-7(3-5(10)11)4-12-6(8)9-7/h2-4H2,1H3,(H2,8,9)(H,10,11). The average molecular weight is 188 g/mol. The minimum atomic E-state index is -0.809. The fourth-order valence-electron chi connectivity index (χ4n) is 1.18. The first-order chi connectivity index (χ1) is 5.58. The highest BCUT2D eigenvalue weighted by Crippen LogP contribution is 2.31. The smallest absolute Gasteiger partial charge is 0.305 e. The zero-order valence-electron chi connectivity index (χ0n) is 6.91. The summed E-state index contributed by atoms with van der Waals surface area (Å²) in [6.45, 7) is 1.94. The monoisotopic (exact) mass is 188 g/mol. The van der Waals surface area contributed by atoms with E-state index in [1.54, 1.807) is 0 Å². The minimum absolute atomic E-state index is 0.0806. The Bertz CT molecular complexity index is 229. The van der Waals surface area contributed by atoms with Crippen molar-refractivity contribution in [1.29, 1.82) is 0 Å². The maximum atomic E-state index is 10.5. The SMILES string of the molecule is CCC1(CC(=O)O)CSC(N)=N1. The van der Waals surface area contributed by atoms with E-state index in [2.05, 4.69) is 4.99 Å². The topological polar surface area (TPSA) is 75.7 Å². The Morgan fingerprint density at radius 1 is 1.92 bits per heavy atom. The van der Waals surface area contributed by atoms with Gasteiger partial charge in [-0.3, -0.25) is 9.79 Å². The van der Waals surface area contributed by atoms with Crippen LogP contribution >= 0.6 is 11.8 Å². The zero-order chi connectivity index (χ0) is 9.19. The number of carboxylic acids is 1. The van der Waals surface area contributed by atoms with Gasteiger partial charge in [0.25, 0.3) is 0 Å². The van der Waals surface area contributed by atoms with Crippen LogP contribution < -0.4 is 5.73 Å². The molecule has 1 heterocycles. The lowest BCUT2D eigenvalue weighted by Gasteiger charge is -2.20. The normalized spacial score (nSPS) is 28.6. The number of nitrogens with zero attached hydrogens (tertiary/aromatic N) is 1. The van der Waals surface area contributed by atoms with E-state index in [1.807, 2.05) is 6.92 Å². The van der Waals surface area contributed by atoms with Gasteiger partial charge in [-0.05, 0) is 6.42 Å². The molecule has 1 unspecified atom stereocenters. The highest BCUT2D eigenvalue weighted by Gasteiger charge is 2.35. The molecule has 0 amide bonds. The van der Waals surface area contributed by atoms with Crippen LogP contribution in [0.2, 0.25) is 0 Å². The first-order valence-corrected chi connectivity index (χ1v) is 4.76. The molecule has 0 saturated heterocycles. The Kier molecular flexibility index (Phi) is 2.62. The van der Waals surface area contributed by atoms with E-state index in [0.717, 1.165) is 6.42 Å². The van der Waals surface area contributed by atoms with Crippen LogP contribution in [0.15, 0.2) is 4.99 Å². The minimum Gasteiger partial charge on any atom is -0.481 e. The molecule has 1 aliphatic heterocycles. The number of carboxylic acid groups (broad SMARTS) is 1. The Morgan fingerprint density at radius 3 is 2.92 bits per heavy atom. The summed E-state index contributed by atoms with van der Waals surface area (Å²) in [5.74, 6) is -0.113. The summed E-state index contributed by atoms with van der Waals surface area (Å²) in [5.41, 5.74) is 5.04. The van der Waals surface area contributed by atoms with Crippen LogP contribution in [0.3, 0.4) is 0 Å². The quantitative estimate of drug-likeness (QED) is 0.682. The number of nitrogens with two attached hydrogens (primary N) is 1. The first-order valence-electron chi connectivity index (χ1n) is 3.78. The van der Waals surface area contributed by atoms with Crippen LogP contribution in [0, 0.1) is 0 Å². The molecule has 0 bridgehead atoms. The van der Waals surface area contributed by atoms with Crippen LogP contribution in [0.5, 0.6) is 0 Å². The number of rotatable bonds is 3. The van der Waals surface area contributed by atoms with E-state index >= 15 is 0 Å². The molecule has 0 aromatic carbocycles. The number of aliphatic carboxylic acids is 1. The van der Waals surface area contributed by atoms with Crippen LogP contribution in [-0.4, -0.2) is 27.5 Å². The lowest BCUT2D eigenvalue weighted by Crippen LogP contribution is -2.29. The number of carbonyl (C=O) groups is 1. The second-order valence-electron chi connectivity index (χ2n) is 2.89. The van der Waals surface area contributed by atoms with Gasteiger partial charge in [0.1, 0.15) is 0 Å². The lowest BCUT2D eigenvalue weighted by atomic mass is 9.95. The van der Waals surface area contributed by atoms with Crippen LogP contribution in [0.25, 0.3) is 0 Å². The molecule has 3 N–H and O–H groups in total. The summed E-state index contributed by atoms with van der Waals surface area (Å²) < 4.78 is 0. The van der Waals surface area contributed by atoms with Crippen molar-refractivity contribution in [3.05, 3.63) is 0 Å². The Hall–Kier alpha value is -0.710. The van der Waals surface area contributed by atoms with Gasteiger partial charge >= 0.3 is 5.97 Å². The van der Waals surface area contributed by atoms with Crippen LogP contribution in [0.4, 0.5) is 0 Å². The molecule has 0 spiro atoms. The lowest BCUT2D eigenvalue weighted by molar-refractivity contribution is -0.138. The molecule has 0 aliphatic carbocycles. The molecule has 1 atom stereocenters. The van der Waals surface area contributed by atoms with Gasteiger partial charge in [0.05, 0.1) is 12.0 Å². The van der Waals surface area contributed by atoms with Crippen molar-refractivity contribution in [2.45, 2.75) is 25.3 Å². The van der Waals surface area contributed by atoms with E-state index in [4.69, 9.17) is 10.8 Å². The van der Waals surface area contributed by atoms with Crippen molar-refractivity contribution in [1.82, 2.24) is 0 Å². The fourth-order valence-corrected chi connectivity index (χ4v) is 2.23. The van der Waals surface area contributed by atoms with Gasteiger partial charge in [0.15, 0.2) is 5.17 Å². The van der Waals surface area contributed by atoms with Gasteiger partial charge < -0.3 is 10.8 Å². The molecule has 1 rings (SSSR count). The predicted molar refractivity (Wildman–Crippen MR) is 49.4 cm³/mol. The highest BCUT2D eigenvalue weighted by atomic mass is 32.2. The molecule has 4 nitrogen and oxygen atoms in total. The van der Waals surface area contributed by atoms with Crippen LogP contribution in [0.1, 0.15) is 19.8 Å². The largest absolute Gasteiger partial charge is 0.481 e. The molecule has 0 aromatic heterocycles. The maximum absolute atomic E-state index is 10.5. The van der Waals surface area contributed by atoms with E-state index in [9.17, 15) is 4.79 Å². The van der Waals surface area contributed by atoms with E-state index in [0.29, 0.717) is 10.9 Å². The van der Waals surface area contributed by atoms with Gasteiger partial charge in [-0.25, -0.2) is 0 Å². The van der Waals surface area contributed by atoms with Crippen molar-refractivity contribution in [2.24, 2.45) is 10.7 Å². The molecule has 68 valence electrons. The van der Waals surface area contributed by atoms with E-state index in [-0.39, 0.29) is 6.42 Å². The zero-order valence-corrected chi connectivity index (χ0v) is 7.73. The number of thioether (sulfide) groups is 1. The van der Waals surface area contributed by atoms with Crippen molar-refractivity contribution in [3.8, 4) is 0 Å². The van der Waals surface area contributed by atoms with Gasteiger partial charge in [-0.2, -0.15) is 0 Å². The molecule has 12 heavy (non-hydrogen) atoms. The van der Waals surface area contributed by atoms with Crippen molar-refractivity contribution in [2.75, 3.05) is 5.75 Å². The molecular formula is C7H12N2O2S. The summed E-state index contributed by atoms with van der Waals surface area (Å²) in [5, 5.41) is 9.15.